The first-order valence-corrected chi connectivity index (χ1v) is 12.9. The SMILES string of the molecule is Cc1ccc(N(C(=O)CNC(=O)c2cccs2)[C@H](C(=O)NC2CCCC2)c2cccs2)cc1F. The average molecular weight is 500 g/mol. The van der Waals surface area contributed by atoms with Crippen LogP contribution in [0.5, 0.6) is 0 Å². The van der Waals surface area contributed by atoms with Gasteiger partial charge in [-0.25, -0.2) is 4.39 Å². The van der Waals surface area contributed by atoms with Gasteiger partial charge in [-0.15, -0.1) is 22.7 Å². The van der Waals surface area contributed by atoms with E-state index in [-0.39, 0.29) is 30.1 Å². The maximum atomic E-state index is 14.5. The standard InChI is InChI=1S/C25H26FN3O3S2/c1-16-10-11-18(14-19(16)26)29(22(30)15-27-24(31)21-9-5-13-34-21)23(20-8-4-12-33-20)25(32)28-17-6-2-3-7-17/h4-5,8-14,17,23H,2-3,6-7,15H2,1H3,(H,27,31)(H,28,32)/t23-/m0/s1. The van der Waals surface area contributed by atoms with Crippen LogP contribution in [0.25, 0.3) is 0 Å². The lowest BCUT2D eigenvalue weighted by Gasteiger charge is -2.31. The van der Waals surface area contributed by atoms with E-state index >= 15 is 0 Å². The van der Waals surface area contributed by atoms with Gasteiger partial charge in [-0.1, -0.05) is 31.0 Å². The third-order valence-electron chi connectivity index (χ3n) is 5.87. The molecule has 1 fully saturated rings. The average Bonchev–Trinajstić information content (AvgIpc) is 3.61. The Balaban J connectivity index is 1.66. The first-order chi connectivity index (χ1) is 16.4. The Morgan fingerprint density at radius 2 is 1.82 bits per heavy atom. The van der Waals surface area contributed by atoms with Gasteiger partial charge >= 0.3 is 0 Å². The van der Waals surface area contributed by atoms with Crippen molar-refractivity contribution in [2.75, 3.05) is 11.4 Å². The van der Waals surface area contributed by atoms with Crippen molar-refractivity contribution in [1.82, 2.24) is 10.6 Å². The molecule has 0 saturated heterocycles. The molecule has 2 aromatic heterocycles. The number of benzene rings is 1. The smallest absolute Gasteiger partial charge is 0.261 e. The molecule has 3 amide bonds. The molecule has 1 saturated carbocycles. The summed E-state index contributed by atoms with van der Waals surface area (Å²) in [6.45, 7) is 1.31. The lowest BCUT2D eigenvalue weighted by molar-refractivity contribution is -0.126. The van der Waals surface area contributed by atoms with E-state index in [2.05, 4.69) is 10.6 Å². The molecule has 2 N–H and O–H groups in total. The molecule has 1 atom stereocenters. The number of aryl methyl sites for hydroxylation is 1. The number of rotatable bonds is 8. The van der Waals surface area contributed by atoms with Gasteiger partial charge in [0.1, 0.15) is 11.9 Å². The van der Waals surface area contributed by atoms with Gasteiger partial charge in [0.2, 0.25) is 11.8 Å². The largest absolute Gasteiger partial charge is 0.351 e. The van der Waals surface area contributed by atoms with Crippen LogP contribution in [0, 0.1) is 12.7 Å². The van der Waals surface area contributed by atoms with Crippen LogP contribution >= 0.6 is 22.7 Å². The van der Waals surface area contributed by atoms with Crippen LogP contribution < -0.4 is 15.5 Å². The zero-order valence-corrected chi connectivity index (χ0v) is 20.4. The van der Waals surface area contributed by atoms with Gasteiger partial charge in [-0.05, 0) is 60.4 Å². The topological polar surface area (TPSA) is 78.5 Å². The lowest BCUT2D eigenvalue weighted by Crippen LogP contribution is -2.49. The van der Waals surface area contributed by atoms with Crippen molar-refractivity contribution in [3.8, 4) is 0 Å². The molecule has 4 rings (SSSR count). The van der Waals surface area contributed by atoms with Crippen LogP contribution in [-0.2, 0) is 9.59 Å². The Hall–Kier alpha value is -3.04. The maximum Gasteiger partial charge on any atom is 0.261 e. The van der Waals surface area contributed by atoms with Gasteiger partial charge in [0.15, 0.2) is 0 Å². The van der Waals surface area contributed by atoms with Crippen LogP contribution in [0.4, 0.5) is 10.1 Å². The van der Waals surface area contributed by atoms with E-state index in [0.717, 1.165) is 25.7 Å². The van der Waals surface area contributed by atoms with E-state index in [9.17, 15) is 18.8 Å². The second-order valence-corrected chi connectivity index (χ2v) is 10.2. The lowest BCUT2D eigenvalue weighted by atomic mass is 10.1. The molecular formula is C25H26FN3O3S2. The van der Waals surface area contributed by atoms with Crippen LogP contribution in [0.1, 0.15) is 51.8 Å². The van der Waals surface area contributed by atoms with E-state index in [1.165, 1.54) is 33.6 Å². The summed E-state index contributed by atoms with van der Waals surface area (Å²) in [6.07, 6.45) is 3.89. The third kappa shape index (κ3) is 5.53. The molecular weight excluding hydrogens is 473 g/mol. The van der Waals surface area contributed by atoms with Gasteiger partial charge in [0.05, 0.1) is 11.4 Å². The molecule has 9 heteroatoms. The minimum atomic E-state index is -0.978. The summed E-state index contributed by atoms with van der Waals surface area (Å²) in [6, 6.07) is 10.6. The Labute approximate surface area is 205 Å². The number of carbonyl (C=O) groups excluding carboxylic acids is 3. The quantitative estimate of drug-likeness (QED) is 0.466. The van der Waals surface area contributed by atoms with Crippen molar-refractivity contribution < 1.29 is 18.8 Å². The summed E-state index contributed by atoms with van der Waals surface area (Å²) in [5, 5.41) is 9.32. The summed E-state index contributed by atoms with van der Waals surface area (Å²) in [7, 11) is 0. The van der Waals surface area contributed by atoms with Crippen molar-refractivity contribution in [1.29, 1.82) is 0 Å². The molecule has 0 unspecified atom stereocenters. The number of anilines is 1. The second-order valence-electron chi connectivity index (χ2n) is 8.27. The van der Waals surface area contributed by atoms with Gasteiger partial charge in [0, 0.05) is 16.6 Å². The highest BCUT2D eigenvalue weighted by molar-refractivity contribution is 7.12. The first-order valence-electron chi connectivity index (χ1n) is 11.2. The molecule has 0 radical (unpaired) electrons. The summed E-state index contributed by atoms with van der Waals surface area (Å²) in [4.78, 5) is 41.9. The van der Waals surface area contributed by atoms with Crippen LogP contribution in [0.15, 0.2) is 53.2 Å². The molecule has 0 aliphatic heterocycles. The highest BCUT2D eigenvalue weighted by Crippen LogP contribution is 2.32. The summed E-state index contributed by atoms with van der Waals surface area (Å²) < 4.78 is 14.5. The van der Waals surface area contributed by atoms with Crippen molar-refractivity contribution >= 4 is 46.1 Å². The molecule has 0 spiro atoms. The number of nitrogens with zero attached hydrogens (tertiary/aromatic N) is 1. The van der Waals surface area contributed by atoms with E-state index in [4.69, 9.17) is 0 Å². The Kier molecular flexibility index (Phi) is 7.74. The van der Waals surface area contributed by atoms with E-state index < -0.39 is 17.8 Å². The Morgan fingerprint density at radius 3 is 2.47 bits per heavy atom. The number of hydrogen-bond donors (Lipinski definition) is 2. The van der Waals surface area contributed by atoms with Gasteiger partial charge in [-0.2, -0.15) is 0 Å². The molecule has 0 bridgehead atoms. The van der Waals surface area contributed by atoms with Crippen molar-refractivity contribution in [2.24, 2.45) is 0 Å². The van der Waals surface area contributed by atoms with E-state index in [1.807, 2.05) is 11.4 Å². The molecule has 3 aromatic rings. The van der Waals surface area contributed by atoms with Crippen molar-refractivity contribution in [3.05, 3.63) is 74.4 Å². The molecule has 2 heterocycles. The van der Waals surface area contributed by atoms with Gasteiger partial charge in [0.25, 0.3) is 5.91 Å². The minimum Gasteiger partial charge on any atom is -0.351 e. The molecule has 1 aliphatic rings. The fraction of sp³-hybridized carbons (Fsp3) is 0.320. The normalized spacial score (nSPS) is 14.5. The third-order valence-corrected chi connectivity index (χ3v) is 7.66. The number of halogens is 1. The zero-order chi connectivity index (χ0) is 24.1. The number of carbonyl (C=O) groups is 3. The summed E-state index contributed by atoms with van der Waals surface area (Å²) >= 11 is 2.62. The fourth-order valence-corrected chi connectivity index (χ4v) is 5.53. The van der Waals surface area contributed by atoms with Crippen molar-refractivity contribution in [2.45, 2.75) is 44.7 Å². The van der Waals surface area contributed by atoms with Crippen LogP contribution in [-0.4, -0.2) is 30.3 Å². The Morgan fingerprint density at radius 1 is 1.09 bits per heavy atom. The highest BCUT2D eigenvalue weighted by atomic mass is 32.1. The van der Waals surface area contributed by atoms with Gasteiger partial charge in [-0.3, -0.25) is 19.3 Å². The highest BCUT2D eigenvalue weighted by Gasteiger charge is 2.35. The summed E-state index contributed by atoms with van der Waals surface area (Å²) in [5.41, 5.74) is 0.698. The summed E-state index contributed by atoms with van der Waals surface area (Å²) in [5.74, 6) is -1.66. The van der Waals surface area contributed by atoms with Crippen molar-refractivity contribution in [3.63, 3.8) is 0 Å². The molecule has 1 aliphatic carbocycles. The predicted molar refractivity (Wildman–Crippen MR) is 133 cm³/mol. The zero-order valence-electron chi connectivity index (χ0n) is 18.8. The molecule has 6 nitrogen and oxygen atoms in total. The first kappa shape index (κ1) is 24.1. The molecule has 178 valence electrons. The van der Waals surface area contributed by atoms with Crippen LogP contribution in [0.2, 0.25) is 0 Å². The number of thiophene rings is 2. The predicted octanol–water partition coefficient (Wildman–Crippen LogP) is 4.82. The Bertz CT molecular complexity index is 1140. The van der Waals surface area contributed by atoms with Crippen LogP contribution in [0.3, 0.4) is 0 Å². The molecule has 34 heavy (non-hydrogen) atoms. The van der Waals surface area contributed by atoms with E-state index in [1.54, 1.807) is 42.6 Å². The maximum absolute atomic E-state index is 14.5. The second kappa shape index (κ2) is 10.9. The monoisotopic (exact) mass is 499 g/mol. The van der Waals surface area contributed by atoms with Gasteiger partial charge < -0.3 is 10.6 Å². The number of nitrogens with one attached hydrogen (secondary N) is 2. The van der Waals surface area contributed by atoms with E-state index in [0.29, 0.717) is 15.3 Å². The molecule has 1 aromatic carbocycles. The fourth-order valence-electron chi connectivity index (χ4n) is 4.08. The number of amides is 3. The number of hydrogen-bond acceptors (Lipinski definition) is 5. The minimum absolute atomic E-state index is 0.0557.